The first-order chi connectivity index (χ1) is 12.3. The van der Waals surface area contributed by atoms with Crippen LogP contribution in [0.2, 0.25) is 0 Å². The lowest BCUT2D eigenvalue weighted by Crippen LogP contribution is -2.42. The van der Waals surface area contributed by atoms with Gasteiger partial charge in [0.05, 0.1) is 24.8 Å². The Bertz CT molecular complexity index is 714. The Morgan fingerprint density at radius 3 is 2.92 bits per heavy atom. The minimum Gasteiger partial charge on any atom is -0.378 e. The lowest BCUT2D eigenvalue weighted by molar-refractivity contribution is 0.0672. The molecule has 2 aromatic rings. The van der Waals surface area contributed by atoms with E-state index >= 15 is 0 Å². The third-order valence-electron chi connectivity index (χ3n) is 4.82. The van der Waals surface area contributed by atoms with Crippen molar-refractivity contribution < 1.29 is 9.53 Å². The maximum atomic E-state index is 13.2. The highest BCUT2D eigenvalue weighted by Crippen LogP contribution is 2.25. The zero-order chi connectivity index (χ0) is 17.1. The van der Waals surface area contributed by atoms with Gasteiger partial charge in [-0.1, -0.05) is 0 Å². The van der Waals surface area contributed by atoms with Crippen LogP contribution in [-0.4, -0.2) is 69.9 Å². The lowest BCUT2D eigenvalue weighted by atomic mass is 10.0. The van der Waals surface area contributed by atoms with Gasteiger partial charge >= 0.3 is 0 Å². The van der Waals surface area contributed by atoms with Crippen molar-refractivity contribution >= 4 is 11.7 Å². The SMILES string of the molecule is O=C(c1cccnc1N1CCOCC1)N1CCCC(n2cncn2)C1. The van der Waals surface area contributed by atoms with Crippen LogP contribution in [0.5, 0.6) is 0 Å². The molecule has 2 fully saturated rings. The summed E-state index contributed by atoms with van der Waals surface area (Å²) in [5.41, 5.74) is 0.670. The van der Waals surface area contributed by atoms with Gasteiger partial charge < -0.3 is 14.5 Å². The summed E-state index contributed by atoms with van der Waals surface area (Å²) in [6.07, 6.45) is 6.98. The number of carbonyl (C=O) groups excluding carboxylic acids is 1. The fourth-order valence-corrected chi connectivity index (χ4v) is 3.52. The number of amides is 1. The van der Waals surface area contributed by atoms with E-state index < -0.39 is 0 Å². The number of ether oxygens (including phenoxy) is 1. The van der Waals surface area contributed by atoms with Crippen molar-refractivity contribution in [2.75, 3.05) is 44.3 Å². The molecule has 2 aliphatic heterocycles. The number of hydrogen-bond donors (Lipinski definition) is 0. The maximum absolute atomic E-state index is 13.2. The van der Waals surface area contributed by atoms with Crippen LogP contribution >= 0.6 is 0 Å². The number of anilines is 1. The van der Waals surface area contributed by atoms with Gasteiger partial charge in [0.25, 0.3) is 5.91 Å². The van der Waals surface area contributed by atoms with E-state index in [1.165, 1.54) is 0 Å². The summed E-state index contributed by atoms with van der Waals surface area (Å²) in [6, 6.07) is 3.89. The second-order valence-electron chi connectivity index (χ2n) is 6.40. The summed E-state index contributed by atoms with van der Waals surface area (Å²) >= 11 is 0. The summed E-state index contributed by atoms with van der Waals surface area (Å²) in [6.45, 7) is 4.28. The predicted molar refractivity (Wildman–Crippen MR) is 91.5 cm³/mol. The number of carbonyl (C=O) groups is 1. The Kier molecular flexibility index (Phi) is 4.60. The molecule has 1 atom stereocenters. The summed E-state index contributed by atoms with van der Waals surface area (Å²) < 4.78 is 7.27. The van der Waals surface area contributed by atoms with E-state index in [0.29, 0.717) is 25.3 Å². The highest BCUT2D eigenvalue weighted by atomic mass is 16.5. The Labute approximate surface area is 146 Å². The zero-order valence-corrected chi connectivity index (χ0v) is 14.1. The number of morpholine rings is 1. The third-order valence-corrected chi connectivity index (χ3v) is 4.82. The van der Waals surface area contributed by atoms with Gasteiger partial charge in [0, 0.05) is 32.4 Å². The average Bonchev–Trinajstić information content (AvgIpc) is 3.23. The van der Waals surface area contributed by atoms with Gasteiger partial charge in [0.15, 0.2) is 0 Å². The summed E-state index contributed by atoms with van der Waals surface area (Å²) in [7, 11) is 0. The molecule has 1 unspecified atom stereocenters. The van der Waals surface area contributed by atoms with Crippen LogP contribution in [0.4, 0.5) is 5.82 Å². The molecule has 0 radical (unpaired) electrons. The van der Waals surface area contributed by atoms with Gasteiger partial charge in [-0.2, -0.15) is 5.10 Å². The molecule has 0 bridgehead atoms. The van der Waals surface area contributed by atoms with Crippen LogP contribution in [0.3, 0.4) is 0 Å². The molecule has 8 heteroatoms. The molecule has 2 aliphatic rings. The van der Waals surface area contributed by atoms with E-state index in [-0.39, 0.29) is 11.9 Å². The van der Waals surface area contributed by atoms with Crippen molar-refractivity contribution in [3.8, 4) is 0 Å². The predicted octanol–water partition coefficient (Wildman–Crippen LogP) is 0.987. The minimum atomic E-state index is 0.0411. The van der Waals surface area contributed by atoms with Crippen molar-refractivity contribution in [2.45, 2.75) is 18.9 Å². The van der Waals surface area contributed by atoms with Crippen LogP contribution in [0, 0.1) is 0 Å². The highest BCUT2D eigenvalue weighted by Gasteiger charge is 2.28. The largest absolute Gasteiger partial charge is 0.378 e. The van der Waals surface area contributed by atoms with Crippen molar-refractivity contribution in [3.63, 3.8) is 0 Å². The van der Waals surface area contributed by atoms with Gasteiger partial charge in [-0.15, -0.1) is 0 Å². The molecule has 0 N–H and O–H groups in total. The number of nitrogens with zero attached hydrogens (tertiary/aromatic N) is 6. The van der Waals surface area contributed by atoms with Crippen molar-refractivity contribution in [1.29, 1.82) is 0 Å². The van der Waals surface area contributed by atoms with Gasteiger partial charge in [0.1, 0.15) is 18.5 Å². The molecule has 132 valence electrons. The lowest BCUT2D eigenvalue weighted by Gasteiger charge is -2.34. The average molecular weight is 342 g/mol. The zero-order valence-electron chi connectivity index (χ0n) is 14.1. The summed E-state index contributed by atoms with van der Waals surface area (Å²) in [5, 5.41) is 4.23. The molecule has 0 aromatic carbocycles. The van der Waals surface area contributed by atoms with E-state index in [1.54, 1.807) is 18.9 Å². The topological polar surface area (TPSA) is 76.4 Å². The standard InChI is InChI=1S/C17H22N6O2/c24-17(22-6-2-3-14(11-22)23-13-18-12-20-23)15-4-1-5-19-16(15)21-7-9-25-10-8-21/h1,4-5,12-14H,2-3,6-11H2. The van der Waals surface area contributed by atoms with Crippen LogP contribution in [0.15, 0.2) is 31.0 Å². The van der Waals surface area contributed by atoms with E-state index in [1.807, 2.05) is 21.7 Å². The van der Waals surface area contributed by atoms with Crippen LogP contribution in [0.1, 0.15) is 29.2 Å². The fraction of sp³-hybridized carbons (Fsp3) is 0.529. The van der Waals surface area contributed by atoms with Crippen LogP contribution < -0.4 is 4.90 Å². The number of hydrogen-bond acceptors (Lipinski definition) is 6. The first-order valence-electron chi connectivity index (χ1n) is 8.74. The van der Waals surface area contributed by atoms with E-state index in [2.05, 4.69) is 20.0 Å². The van der Waals surface area contributed by atoms with E-state index in [4.69, 9.17) is 4.74 Å². The number of pyridine rings is 1. The molecule has 2 aromatic heterocycles. The second-order valence-corrected chi connectivity index (χ2v) is 6.40. The van der Waals surface area contributed by atoms with Gasteiger partial charge in [-0.3, -0.25) is 4.79 Å². The Morgan fingerprint density at radius 1 is 1.24 bits per heavy atom. The Balaban J connectivity index is 1.54. The Morgan fingerprint density at radius 2 is 2.12 bits per heavy atom. The van der Waals surface area contributed by atoms with Gasteiger partial charge in [0.2, 0.25) is 0 Å². The van der Waals surface area contributed by atoms with Crippen LogP contribution in [0.25, 0.3) is 0 Å². The number of piperidine rings is 1. The number of rotatable bonds is 3. The van der Waals surface area contributed by atoms with E-state index in [0.717, 1.165) is 38.3 Å². The molecular weight excluding hydrogens is 320 g/mol. The summed E-state index contributed by atoms with van der Waals surface area (Å²) in [5.74, 6) is 0.804. The number of likely N-dealkylation sites (tertiary alicyclic amines) is 1. The molecule has 8 nitrogen and oxygen atoms in total. The molecule has 0 spiro atoms. The first-order valence-corrected chi connectivity index (χ1v) is 8.74. The quantitative estimate of drug-likeness (QED) is 0.828. The number of aromatic nitrogens is 4. The first kappa shape index (κ1) is 16.0. The van der Waals surface area contributed by atoms with Crippen LogP contribution in [-0.2, 0) is 4.74 Å². The third kappa shape index (κ3) is 3.34. The summed E-state index contributed by atoms with van der Waals surface area (Å²) in [4.78, 5) is 25.7. The molecule has 4 heterocycles. The molecule has 2 saturated heterocycles. The van der Waals surface area contributed by atoms with Crippen molar-refractivity contribution in [2.24, 2.45) is 0 Å². The molecule has 0 saturated carbocycles. The molecular formula is C17H22N6O2. The van der Waals surface area contributed by atoms with Crippen molar-refractivity contribution in [1.82, 2.24) is 24.6 Å². The second kappa shape index (κ2) is 7.18. The minimum absolute atomic E-state index is 0.0411. The Hall–Kier alpha value is -2.48. The highest BCUT2D eigenvalue weighted by molar-refractivity contribution is 5.99. The smallest absolute Gasteiger partial charge is 0.257 e. The normalized spacial score (nSPS) is 21.4. The van der Waals surface area contributed by atoms with Gasteiger partial charge in [-0.05, 0) is 25.0 Å². The van der Waals surface area contributed by atoms with Crippen molar-refractivity contribution in [3.05, 3.63) is 36.5 Å². The van der Waals surface area contributed by atoms with E-state index in [9.17, 15) is 4.79 Å². The maximum Gasteiger partial charge on any atom is 0.257 e. The monoisotopic (exact) mass is 342 g/mol. The molecule has 25 heavy (non-hydrogen) atoms. The molecule has 0 aliphatic carbocycles. The molecule has 1 amide bonds. The van der Waals surface area contributed by atoms with Gasteiger partial charge in [-0.25, -0.2) is 14.6 Å². The molecule has 4 rings (SSSR count). The fourth-order valence-electron chi connectivity index (χ4n) is 3.52.